The third-order valence-corrected chi connectivity index (χ3v) is 6.60. The molecule has 1 aromatic carbocycles. The molecular weight excluding hydrogens is 374 g/mol. The van der Waals surface area contributed by atoms with E-state index in [4.69, 9.17) is 0 Å². The highest BCUT2D eigenvalue weighted by Crippen LogP contribution is 2.39. The van der Waals surface area contributed by atoms with E-state index in [-0.39, 0.29) is 17.2 Å². The predicted molar refractivity (Wildman–Crippen MR) is 96.0 cm³/mol. The summed E-state index contributed by atoms with van der Waals surface area (Å²) in [6, 6.07) is 6.02. The smallest absolute Gasteiger partial charge is 0.240 e. The number of benzene rings is 1. The van der Waals surface area contributed by atoms with Gasteiger partial charge in [0.2, 0.25) is 15.0 Å². The lowest BCUT2D eigenvalue weighted by molar-refractivity contribution is 0.101. The number of carbonyl (C=O) groups is 1. The maximum Gasteiger partial charge on any atom is 0.240 e. The lowest BCUT2D eigenvalue weighted by Crippen LogP contribution is -2.26. The molecule has 0 aliphatic heterocycles. The van der Waals surface area contributed by atoms with E-state index < -0.39 is 10.0 Å². The normalized spacial score (nSPS) is 14.8. The first-order valence-electron chi connectivity index (χ1n) is 8.26. The van der Waals surface area contributed by atoms with Crippen LogP contribution in [0.4, 0.5) is 0 Å². The Balaban J connectivity index is 1.43. The van der Waals surface area contributed by atoms with Crippen molar-refractivity contribution in [3.63, 3.8) is 0 Å². The Bertz CT molecular complexity index is 1080. The number of ketones is 1. The van der Waals surface area contributed by atoms with Crippen molar-refractivity contribution in [3.8, 4) is 0 Å². The molecule has 0 atom stereocenters. The molecule has 0 saturated heterocycles. The Morgan fingerprint density at radius 2 is 2.15 bits per heavy atom. The molecule has 0 spiro atoms. The topological polar surface area (TPSA) is 106 Å². The number of nitrogens with zero attached hydrogens (tertiary/aromatic N) is 4. The van der Waals surface area contributed by atoms with Gasteiger partial charge < -0.3 is 0 Å². The first-order valence-corrected chi connectivity index (χ1v) is 10.6. The van der Waals surface area contributed by atoms with Gasteiger partial charge in [-0.3, -0.25) is 4.79 Å². The largest absolute Gasteiger partial charge is 0.295 e. The van der Waals surface area contributed by atoms with Crippen LogP contribution in [0.3, 0.4) is 0 Å². The highest BCUT2D eigenvalue weighted by molar-refractivity contribution is 7.89. The van der Waals surface area contributed by atoms with Crippen molar-refractivity contribution < 1.29 is 13.2 Å². The molecule has 1 fully saturated rings. The highest BCUT2D eigenvalue weighted by atomic mass is 32.2. The monoisotopic (exact) mass is 391 g/mol. The fourth-order valence-electron chi connectivity index (χ4n) is 2.63. The van der Waals surface area contributed by atoms with E-state index in [1.54, 1.807) is 16.6 Å². The van der Waals surface area contributed by atoms with E-state index in [2.05, 4.69) is 20.0 Å². The fraction of sp³-hybridized carbons (Fsp3) is 0.375. The molecule has 1 aliphatic rings. The van der Waals surface area contributed by atoms with E-state index in [1.165, 1.54) is 30.4 Å². The molecule has 8 nitrogen and oxygen atoms in total. The summed E-state index contributed by atoms with van der Waals surface area (Å²) in [4.78, 5) is 12.2. The highest BCUT2D eigenvalue weighted by Gasteiger charge is 2.30. The summed E-state index contributed by atoms with van der Waals surface area (Å²) < 4.78 is 29.1. The van der Waals surface area contributed by atoms with E-state index >= 15 is 0 Å². The average molecular weight is 391 g/mol. The summed E-state index contributed by atoms with van der Waals surface area (Å²) in [7, 11) is -3.67. The Hall–Kier alpha value is -2.17. The van der Waals surface area contributed by atoms with Crippen LogP contribution in [-0.4, -0.2) is 40.6 Å². The second-order valence-corrected chi connectivity index (χ2v) is 9.06. The maximum atomic E-state index is 12.4. The number of hydrogen-bond acceptors (Lipinski definition) is 7. The van der Waals surface area contributed by atoms with Crippen LogP contribution in [0.15, 0.2) is 29.2 Å². The maximum absolute atomic E-state index is 12.4. The van der Waals surface area contributed by atoms with Gasteiger partial charge in [0.05, 0.1) is 4.90 Å². The Morgan fingerprint density at radius 3 is 2.88 bits per heavy atom. The molecule has 10 heteroatoms. The molecule has 3 aromatic rings. The van der Waals surface area contributed by atoms with Crippen LogP contribution in [0.5, 0.6) is 0 Å². The number of hydrogen-bond donors (Lipinski definition) is 1. The van der Waals surface area contributed by atoms with Gasteiger partial charge in [0.15, 0.2) is 11.6 Å². The predicted octanol–water partition coefficient (Wildman–Crippen LogP) is 1.79. The van der Waals surface area contributed by atoms with Crippen LogP contribution in [0.2, 0.25) is 0 Å². The number of aromatic nitrogens is 4. The van der Waals surface area contributed by atoms with E-state index in [1.807, 2.05) is 0 Å². The Labute approximate surface area is 154 Å². The van der Waals surface area contributed by atoms with Gasteiger partial charge in [0.1, 0.15) is 5.01 Å². The minimum atomic E-state index is -3.67. The summed E-state index contributed by atoms with van der Waals surface area (Å²) in [5.74, 6) is 1.17. The quantitative estimate of drug-likeness (QED) is 0.616. The van der Waals surface area contributed by atoms with Crippen molar-refractivity contribution in [1.29, 1.82) is 0 Å². The second-order valence-electron chi connectivity index (χ2n) is 6.25. The third-order valence-electron chi connectivity index (χ3n) is 4.18. The summed E-state index contributed by atoms with van der Waals surface area (Å²) in [6.07, 6.45) is 2.70. The zero-order chi connectivity index (χ0) is 18.3. The van der Waals surface area contributed by atoms with Crippen molar-refractivity contribution in [2.45, 2.75) is 37.0 Å². The van der Waals surface area contributed by atoms with Crippen LogP contribution >= 0.6 is 11.3 Å². The van der Waals surface area contributed by atoms with Gasteiger partial charge in [-0.05, 0) is 31.9 Å². The van der Waals surface area contributed by atoms with Crippen LogP contribution in [0, 0.1) is 0 Å². The molecule has 1 saturated carbocycles. The molecule has 2 aromatic heterocycles. The molecule has 0 bridgehead atoms. The van der Waals surface area contributed by atoms with Gasteiger partial charge in [-0.1, -0.05) is 23.5 Å². The van der Waals surface area contributed by atoms with Gasteiger partial charge in [0, 0.05) is 24.4 Å². The molecule has 0 unspecified atom stereocenters. The number of nitrogens with one attached hydrogen (secondary N) is 1. The van der Waals surface area contributed by atoms with E-state index in [0.717, 1.165) is 28.6 Å². The van der Waals surface area contributed by atoms with Crippen molar-refractivity contribution in [2.24, 2.45) is 0 Å². The van der Waals surface area contributed by atoms with Crippen LogP contribution in [0.25, 0.3) is 4.96 Å². The van der Waals surface area contributed by atoms with Gasteiger partial charge >= 0.3 is 0 Å². The van der Waals surface area contributed by atoms with Crippen molar-refractivity contribution in [1.82, 2.24) is 24.5 Å². The number of fused-ring (bicyclic) bond motifs is 1. The van der Waals surface area contributed by atoms with Crippen LogP contribution in [0.1, 0.15) is 46.9 Å². The summed E-state index contributed by atoms with van der Waals surface area (Å²) >= 11 is 1.41. The Kier molecular flexibility index (Phi) is 4.33. The molecule has 2 heterocycles. The second kappa shape index (κ2) is 6.53. The van der Waals surface area contributed by atoms with Crippen LogP contribution < -0.4 is 4.72 Å². The number of sulfonamides is 1. The molecule has 26 heavy (non-hydrogen) atoms. The first kappa shape index (κ1) is 17.3. The van der Waals surface area contributed by atoms with E-state index in [0.29, 0.717) is 17.9 Å². The average Bonchev–Trinajstić information content (AvgIpc) is 3.25. The lowest BCUT2D eigenvalue weighted by atomic mass is 10.2. The standard InChI is InChI=1S/C16H17N5O3S2/c1-10(22)12-3-2-4-13(9-12)26(23,24)17-8-7-14-20-21-15(11-5-6-11)18-19-16(21)25-14/h2-4,9,11,17H,5-8H2,1H3. The SMILES string of the molecule is CC(=O)c1cccc(S(=O)(=O)NCCc2nn3c(C4CC4)nnc3s2)c1. The van der Waals surface area contributed by atoms with Gasteiger partial charge in [-0.25, -0.2) is 13.1 Å². The lowest BCUT2D eigenvalue weighted by Gasteiger charge is -2.06. The first-order chi connectivity index (χ1) is 12.4. The molecule has 1 aliphatic carbocycles. The summed E-state index contributed by atoms with van der Waals surface area (Å²) in [5.41, 5.74) is 0.370. The molecule has 0 amide bonds. The summed E-state index contributed by atoms with van der Waals surface area (Å²) in [5, 5.41) is 13.6. The Morgan fingerprint density at radius 1 is 1.35 bits per heavy atom. The molecule has 0 radical (unpaired) electrons. The minimum absolute atomic E-state index is 0.0827. The molecular formula is C16H17N5O3S2. The van der Waals surface area contributed by atoms with Crippen LogP contribution in [-0.2, 0) is 16.4 Å². The molecule has 136 valence electrons. The van der Waals surface area contributed by atoms with Gasteiger partial charge in [-0.2, -0.15) is 9.61 Å². The van der Waals surface area contributed by atoms with E-state index in [9.17, 15) is 13.2 Å². The van der Waals surface area contributed by atoms with Gasteiger partial charge in [0.25, 0.3) is 0 Å². The fourth-order valence-corrected chi connectivity index (χ4v) is 4.54. The van der Waals surface area contributed by atoms with Crippen molar-refractivity contribution in [2.75, 3.05) is 6.54 Å². The minimum Gasteiger partial charge on any atom is -0.295 e. The number of Topliss-reactive ketones (excluding diaryl/α,β-unsaturated/α-hetero) is 1. The molecule has 4 rings (SSSR count). The number of carbonyl (C=O) groups excluding carboxylic acids is 1. The number of rotatable bonds is 7. The van der Waals surface area contributed by atoms with Crippen molar-refractivity contribution in [3.05, 3.63) is 40.7 Å². The van der Waals surface area contributed by atoms with Gasteiger partial charge in [-0.15, -0.1) is 10.2 Å². The zero-order valence-electron chi connectivity index (χ0n) is 14.0. The third kappa shape index (κ3) is 3.39. The van der Waals surface area contributed by atoms with Crippen molar-refractivity contribution >= 4 is 32.1 Å². The molecule has 1 N–H and O–H groups in total. The summed E-state index contributed by atoms with van der Waals surface area (Å²) in [6.45, 7) is 1.62. The zero-order valence-corrected chi connectivity index (χ0v) is 15.7.